The van der Waals surface area contributed by atoms with Gasteiger partial charge in [0.2, 0.25) is 5.91 Å². The number of carboxylic acid groups (broad SMARTS) is 1. The summed E-state index contributed by atoms with van der Waals surface area (Å²) in [5.41, 5.74) is 0. The van der Waals surface area contributed by atoms with Crippen LogP contribution in [0.1, 0.15) is 6.92 Å². The second-order valence-electron chi connectivity index (χ2n) is 4.38. The van der Waals surface area contributed by atoms with Crippen molar-refractivity contribution in [1.29, 1.82) is 0 Å². The van der Waals surface area contributed by atoms with Crippen LogP contribution in [0.2, 0.25) is 0 Å². The standard InChI is InChI=1S/C12H23N3O3/c1-5-6-13-12(18)10(2)15(9-11(16)17)8-7-14(3)4/h5,10H,1,6-9H2,2-4H3,(H,13,18)(H,16,17). The Balaban J connectivity index is 4.46. The zero-order chi connectivity index (χ0) is 14.1. The monoisotopic (exact) mass is 257 g/mol. The van der Waals surface area contributed by atoms with E-state index >= 15 is 0 Å². The molecule has 0 saturated heterocycles. The molecule has 0 spiro atoms. The minimum absolute atomic E-state index is 0.142. The Labute approximate surface area is 108 Å². The number of carboxylic acids is 1. The Morgan fingerprint density at radius 1 is 1.39 bits per heavy atom. The smallest absolute Gasteiger partial charge is 0.317 e. The zero-order valence-electron chi connectivity index (χ0n) is 11.3. The molecule has 104 valence electrons. The molecule has 1 unspecified atom stereocenters. The van der Waals surface area contributed by atoms with Crippen molar-refractivity contribution in [2.24, 2.45) is 0 Å². The largest absolute Gasteiger partial charge is 0.480 e. The second-order valence-corrected chi connectivity index (χ2v) is 4.38. The molecule has 6 nitrogen and oxygen atoms in total. The molecule has 0 rings (SSSR count). The van der Waals surface area contributed by atoms with E-state index in [1.165, 1.54) is 0 Å². The van der Waals surface area contributed by atoms with E-state index in [4.69, 9.17) is 5.11 Å². The van der Waals surface area contributed by atoms with Gasteiger partial charge in [0.05, 0.1) is 12.6 Å². The summed E-state index contributed by atoms with van der Waals surface area (Å²) in [4.78, 5) is 26.1. The highest BCUT2D eigenvalue weighted by molar-refractivity contribution is 5.82. The van der Waals surface area contributed by atoms with Crippen LogP contribution in [0.25, 0.3) is 0 Å². The van der Waals surface area contributed by atoms with E-state index in [1.807, 2.05) is 19.0 Å². The quantitative estimate of drug-likeness (QED) is 0.551. The summed E-state index contributed by atoms with van der Waals surface area (Å²) in [5.74, 6) is -1.12. The van der Waals surface area contributed by atoms with Crippen LogP contribution in [0.3, 0.4) is 0 Å². The van der Waals surface area contributed by atoms with Gasteiger partial charge >= 0.3 is 5.97 Å². The average molecular weight is 257 g/mol. The number of nitrogens with one attached hydrogen (secondary N) is 1. The summed E-state index contributed by atoms with van der Waals surface area (Å²) in [7, 11) is 3.81. The van der Waals surface area contributed by atoms with Crippen LogP contribution < -0.4 is 5.32 Å². The predicted molar refractivity (Wildman–Crippen MR) is 70.4 cm³/mol. The molecule has 0 fully saturated rings. The van der Waals surface area contributed by atoms with Gasteiger partial charge in [0, 0.05) is 19.6 Å². The van der Waals surface area contributed by atoms with Crippen LogP contribution >= 0.6 is 0 Å². The van der Waals surface area contributed by atoms with E-state index in [0.717, 1.165) is 0 Å². The van der Waals surface area contributed by atoms with Crippen LogP contribution in [0.4, 0.5) is 0 Å². The number of rotatable bonds is 9. The topological polar surface area (TPSA) is 72.9 Å². The van der Waals surface area contributed by atoms with Crippen molar-refractivity contribution in [3.05, 3.63) is 12.7 Å². The van der Waals surface area contributed by atoms with E-state index in [2.05, 4.69) is 11.9 Å². The molecule has 0 aliphatic rings. The zero-order valence-corrected chi connectivity index (χ0v) is 11.3. The molecule has 2 N–H and O–H groups in total. The second kappa shape index (κ2) is 8.66. The van der Waals surface area contributed by atoms with Crippen molar-refractivity contribution in [2.75, 3.05) is 40.3 Å². The lowest BCUT2D eigenvalue weighted by molar-refractivity contribution is -0.139. The Morgan fingerprint density at radius 3 is 2.44 bits per heavy atom. The maximum Gasteiger partial charge on any atom is 0.317 e. The summed E-state index contributed by atoms with van der Waals surface area (Å²) >= 11 is 0. The number of carbonyl (C=O) groups is 2. The van der Waals surface area contributed by atoms with Crippen LogP contribution in [-0.4, -0.2) is 73.1 Å². The number of hydrogen-bond acceptors (Lipinski definition) is 4. The number of nitrogens with zero attached hydrogens (tertiary/aromatic N) is 2. The summed E-state index contributed by atoms with van der Waals surface area (Å²) in [6.07, 6.45) is 1.59. The third kappa shape index (κ3) is 7.03. The number of carbonyl (C=O) groups excluding carboxylic acids is 1. The number of likely N-dealkylation sites (N-methyl/N-ethyl adjacent to an activating group) is 1. The van der Waals surface area contributed by atoms with Gasteiger partial charge in [-0.25, -0.2) is 0 Å². The van der Waals surface area contributed by atoms with Gasteiger partial charge in [-0.15, -0.1) is 6.58 Å². The van der Waals surface area contributed by atoms with Gasteiger partial charge in [0.15, 0.2) is 0 Å². The third-order valence-electron chi connectivity index (χ3n) is 2.52. The molecule has 0 radical (unpaired) electrons. The maximum absolute atomic E-state index is 11.8. The average Bonchev–Trinajstić information content (AvgIpc) is 2.29. The van der Waals surface area contributed by atoms with Crippen LogP contribution in [0.15, 0.2) is 12.7 Å². The van der Waals surface area contributed by atoms with Crippen LogP contribution in [0, 0.1) is 0 Å². The van der Waals surface area contributed by atoms with E-state index in [9.17, 15) is 9.59 Å². The molecule has 0 heterocycles. The highest BCUT2D eigenvalue weighted by Crippen LogP contribution is 1.99. The Morgan fingerprint density at radius 2 is 2.00 bits per heavy atom. The third-order valence-corrected chi connectivity index (χ3v) is 2.52. The summed E-state index contributed by atoms with van der Waals surface area (Å²) in [5, 5.41) is 11.5. The van der Waals surface area contributed by atoms with E-state index < -0.39 is 12.0 Å². The Bertz CT molecular complexity index is 292. The molecule has 6 heteroatoms. The van der Waals surface area contributed by atoms with Crippen LogP contribution in [-0.2, 0) is 9.59 Å². The summed E-state index contributed by atoms with van der Waals surface area (Å²) < 4.78 is 0. The SMILES string of the molecule is C=CCNC(=O)C(C)N(CCN(C)C)CC(=O)O. The minimum Gasteiger partial charge on any atom is -0.480 e. The lowest BCUT2D eigenvalue weighted by atomic mass is 10.2. The Kier molecular flexibility index (Phi) is 7.98. The van der Waals surface area contributed by atoms with Crippen molar-refractivity contribution in [3.8, 4) is 0 Å². The fourth-order valence-electron chi connectivity index (χ4n) is 1.40. The number of aliphatic carboxylic acids is 1. The molecule has 0 aromatic carbocycles. The van der Waals surface area contributed by atoms with Crippen molar-refractivity contribution < 1.29 is 14.7 Å². The van der Waals surface area contributed by atoms with Crippen molar-refractivity contribution in [2.45, 2.75) is 13.0 Å². The van der Waals surface area contributed by atoms with Gasteiger partial charge in [0.1, 0.15) is 0 Å². The fraction of sp³-hybridized carbons (Fsp3) is 0.667. The van der Waals surface area contributed by atoms with Crippen molar-refractivity contribution in [3.63, 3.8) is 0 Å². The van der Waals surface area contributed by atoms with Crippen molar-refractivity contribution in [1.82, 2.24) is 15.1 Å². The molecule has 1 atom stereocenters. The summed E-state index contributed by atoms with van der Waals surface area (Å²) in [6, 6.07) is -0.471. The van der Waals surface area contributed by atoms with Gasteiger partial charge < -0.3 is 15.3 Å². The first-order valence-electron chi connectivity index (χ1n) is 5.87. The Hall–Kier alpha value is -1.40. The van der Waals surface area contributed by atoms with Gasteiger partial charge in [-0.2, -0.15) is 0 Å². The molecular formula is C12H23N3O3. The normalized spacial score (nSPS) is 12.5. The van der Waals surface area contributed by atoms with E-state index in [-0.39, 0.29) is 12.5 Å². The first kappa shape index (κ1) is 16.6. The molecule has 1 amide bonds. The van der Waals surface area contributed by atoms with Gasteiger partial charge in [-0.05, 0) is 21.0 Å². The molecule has 0 aromatic rings. The van der Waals surface area contributed by atoms with Crippen molar-refractivity contribution >= 4 is 11.9 Å². The lowest BCUT2D eigenvalue weighted by Gasteiger charge is -2.27. The fourth-order valence-corrected chi connectivity index (χ4v) is 1.40. The molecule has 0 aliphatic heterocycles. The predicted octanol–water partition coefficient (Wildman–Crippen LogP) is -0.375. The van der Waals surface area contributed by atoms with Gasteiger partial charge in [-0.1, -0.05) is 6.08 Å². The molecular weight excluding hydrogens is 234 g/mol. The molecule has 0 aromatic heterocycles. The van der Waals surface area contributed by atoms with E-state index in [1.54, 1.807) is 17.9 Å². The lowest BCUT2D eigenvalue weighted by Crippen LogP contribution is -2.49. The molecule has 0 saturated carbocycles. The van der Waals surface area contributed by atoms with Gasteiger partial charge in [0.25, 0.3) is 0 Å². The summed E-state index contributed by atoms with van der Waals surface area (Å²) in [6.45, 7) is 6.70. The maximum atomic E-state index is 11.8. The van der Waals surface area contributed by atoms with Gasteiger partial charge in [-0.3, -0.25) is 14.5 Å². The number of hydrogen-bond donors (Lipinski definition) is 2. The first-order chi connectivity index (χ1) is 8.38. The van der Waals surface area contributed by atoms with E-state index in [0.29, 0.717) is 19.6 Å². The number of amides is 1. The minimum atomic E-state index is -0.933. The highest BCUT2D eigenvalue weighted by atomic mass is 16.4. The molecule has 18 heavy (non-hydrogen) atoms. The molecule has 0 bridgehead atoms. The first-order valence-corrected chi connectivity index (χ1v) is 5.87. The highest BCUT2D eigenvalue weighted by Gasteiger charge is 2.22. The van der Waals surface area contributed by atoms with Crippen LogP contribution in [0.5, 0.6) is 0 Å². The molecule has 0 aliphatic carbocycles.